The minimum absolute atomic E-state index is 0.148. The van der Waals surface area contributed by atoms with Crippen LogP contribution in [0.4, 0.5) is 0 Å². The second kappa shape index (κ2) is 7.25. The summed E-state index contributed by atoms with van der Waals surface area (Å²) in [7, 11) is 1.42. The maximum atomic E-state index is 11.0. The number of piperazine rings is 1. The zero-order valence-corrected chi connectivity index (χ0v) is 10.7. The van der Waals surface area contributed by atoms with E-state index in [1.807, 2.05) is 0 Å². The first-order valence-corrected chi connectivity index (χ1v) is 6.07. The van der Waals surface area contributed by atoms with Gasteiger partial charge in [-0.3, -0.25) is 9.69 Å². The smallest absolute Gasteiger partial charge is 0.306 e. The van der Waals surface area contributed by atoms with Gasteiger partial charge in [-0.25, -0.2) is 0 Å². The van der Waals surface area contributed by atoms with Crippen LogP contribution in [-0.4, -0.2) is 61.6 Å². The normalized spacial score (nSPS) is 19.6. The highest BCUT2D eigenvalue weighted by Crippen LogP contribution is 2.08. The Labute approximate surface area is 103 Å². The Morgan fingerprint density at radius 2 is 2.06 bits per heavy atom. The van der Waals surface area contributed by atoms with Gasteiger partial charge in [0, 0.05) is 38.8 Å². The lowest BCUT2D eigenvalue weighted by Gasteiger charge is -2.37. The van der Waals surface area contributed by atoms with Crippen LogP contribution in [0.5, 0.6) is 0 Å². The van der Waals surface area contributed by atoms with E-state index in [1.165, 1.54) is 7.11 Å². The van der Waals surface area contributed by atoms with Crippen LogP contribution in [0.3, 0.4) is 0 Å². The topological polar surface area (TPSA) is 56.6 Å². The summed E-state index contributed by atoms with van der Waals surface area (Å²) in [5.41, 5.74) is 0. The van der Waals surface area contributed by atoms with Crippen LogP contribution < -0.4 is 0 Å². The lowest BCUT2D eigenvalue weighted by molar-refractivity contribution is -0.141. The molecule has 0 bridgehead atoms. The Balaban J connectivity index is 2.22. The summed E-state index contributed by atoms with van der Waals surface area (Å²) in [6.45, 7) is 6.74. The molecule has 1 fully saturated rings. The molecule has 1 saturated heterocycles. The number of rotatable bonds is 5. The molecule has 1 atom stereocenters. The number of nitriles is 1. The number of carbonyl (C=O) groups excluding carboxylic acids is 1. The standard InChI is InChI=1S/C12H21N3O2/c1-11(3-5-13)15-9-7-14(8-10-15)6-4-12(16)17-2/h11H,3-4,6-10H2,1-2H3. The molecule has 5 heteroatoms. The van der Waals surface area contributed by atoms with Gasteiger partial charge in [-0.2, -0.15) is 5.26 Å². The average molecular weight is 239 g/mol. The Hall–Kier alpha value is -1.12. The molecule has 0 aliphatic carbocycles. The van der Waals surface area contributed by atoms with E-state index in [1.54, 1.807) is 0 Å². The van der Waals surface area contributed by atoms with Crippen molar-refractivity contribution < 1.29 is 9.53 Å². The van der Waals surface area contributed by atoms with Crippen LogP contribution in [0.15, 0.2) is 0 Å². The highest BCUT2D eigenvalue weighted by Gasteiger charge is 2.20. The number of carbonyl (C=O) groups is 1. The summed E-state index contributed by atoms with van der Waals surface area (Å²) in [6, 6.07) is 2.54. The monoisotopic (exact) mass is 239 g/mol. The Morgan fingerprint density at radius 3 is 2.59 bits per heavy atom. The molecule has 0 radical (unpaired) electrons. The molecule has 1 aliphatic rings. The highest BCUT2D eigenvalue weighted by molar-refractivity contribution is 5.69. The zero-order chi connectivity index (χ0) is 12.7. The zero-order valence-electron chi connectivity index (χ0n) is 10.7. The minimum Gasteiger partial charge on any atom is -0.469 e. The van der Waals surface area contributed by atoms with Crippen LogP contribution in [-0.2, 0) is 9.53 Å². The van der Waals surface area contributed by atoms with Crippen molar-refractivity contribution in [3.05, 3.63) is 0 Å². The molecule has 1 aliphatic heterocycles. The quantitative estimate of drug-likeness (QED) is 0.653. The first kappa shape index (κ1) is 13.9. The Bertz CT molecular complexity index is 280. The van der Waals surface area contributed by atoms with Gasteiger partial charge < -0.3 is 9.64 Å². The molecule has 5 nitrogen and oxygen atoms in total. The number of methoxy groups -OCH3 is 1. The molecule has 1 heterocycles. The van der Waals surface area contributed by atoms with Gasteiger partial charge in [0.25, 0.3) is 0 Å². The van der Waals surface area contributed by atoms with E-state index in [2.05, 4.69) is 27.5 Å². The van der Waals surface area contributed by atoms with Gasteiger partial charge in [-0.05, 0) is 6.92 Å². The summed E-state index contributed by atoms with van der Waals surface area (Å²) < 4.78 is 4.62. The summed E-state index contributed by atoms with van der Waals surface area (Å²) in [6.07, 6.45) is 1.05. The lowest BCUT2D eigenvalue weighted by atomic mass is 10.2. The first-order valence-electron chi connectivity index (χ1n) is 6.07. The van der Waals surface area contributed by atoms with Crippen LogP contribution >= 0.6 is 0 Å². The van der Waals surface area contributed by atoms with Crippen LogP contribution in [0.1, 0.15) is 19.8 Å². The molecule has 0 aromatic heterocycles. The van der Waals surface area contributed by atoms with E-state index in [0.717, 1.165) is 32.7 Å². The van der Waals surface area contributed by atoms with Crippen LogP contribution in [0.25, 0.3) is 0 Å². The molecule has 0 aromatic carbocycles. The van der Waals surface area contributed by atoms with Gasteiger partial charge in [0.15, 0.2) is 0 Å². The number of esters is 1. The predicted molar refractivity (Wildman–Crippen MR) is 64.3 cm³/mol. The van der Waals surface area contributed by atoms with Crippen molar-refractivity contribution in [1.29, 1.82) is 5.26 Å². The van der Waals surface area contributed by atoms with Crippen molar-refractivity contribution in [2.24, 2.45) is 0 Å². The number of ether oxygens (including phenoxy) is 1. The van der Waals surface area contributed by atoms with E-state index in [0.29, 0.717) is 18.9 Å². The van der Waals surface area contributed by atoms with Gasteiger partial charge in [-0.1, -0.05) is 0 Å². The third kappa shape index (κ3) is 4.72. The van der Waals surface area contributed by atoms with Crippen LogP contribution in [0.2, 0.25) is 0 Å². The molecule has 0 N–H and O–H groups in total. The van der Waals surface area contributed by atoms with Crippen molar-refractivity contribution >= 4 is 5.97 Å². The van der Waals surface area contributed by atoms with Gasteiger partial charge in [0.2, 0.25) is 0 Å². The average Bonchev–Trinajstić information content (AvgIpc) is 2.36. The third-order valence-corrected chi connectivity index (χ3v) is 3.28. The molecule has 0 aromatic rings. The summed E-state index contributed by atoms with van der Waals surface area (Å²) in [5, 5.41) is 8.65. The SMILES string of the molecule is COC(=O)CCN1CCN(C(C)CC#N)CC1. The van der Waals surface area contributed by atoms with Gasteiger partial charge in [-0.15, -0.1) is 0 Å². The number of nitrogens with zero attached hydrogens (tertiary/aromatic N) is 3. The fraction of sp³-hybridized carbons (Fsp3) is 0.833. The largest absolute Gasteiger partial charge is 0.469 e. The Kier molecular flexibility index (Phi) is 5.95. The van der Waals surface area contributed by atoms with Crippen molar-refractivity contribution in [1.82, 2.24) is 9.80 Å². The first-order chi connectivity index (χ1) is 8.17. The molecule has 1 unspecified atom stereocenters. The molecular formula is C12H21N3O2. The molecule has 0 amide bonds. The summed E-state index contributed by atoms with van der Waals surface area (Å²) in [5.74, 6) is -0.148. The fourth-order valence-electron chi connectivity index (χ4n) is 2.04. The molecule has 0 spiro atoms. The highest BCUT2D eigenvalue weighted by atomic mass is 16.5. The van der Waals surface area contributed by atoms with Gasteiger partial charge >= 0.3 is 5.97 Å². The summed E-state index contributed by atoms with van der Waals surface area (Å²) >= 11 is 0. The van der Waals surface area contributed by atoms with E-state index >= 15 is 0 Å². The molecule has 96 valence electrons. The number of hydrogen-bond acceptors (Lipinski definition) is 5. The number of hydrogen-bond donors (Lipinski definition) is 0. The van der Waals surface area contributed by atoms with Crippen molar-refractivity contribution in [3.63, 3.8) is 0 Å². The molecular weight excluding hydrogens is 218 g/mol. The van der Waals surface area contributed by atoms with E-state index in [9.17, 15) is 4.79 Å². The van der Waals surface area contributed by atoms with Crippen molar-refractivity contribution in [2.75, 3.05) is 39.8 Å². The van der Waals surface area contributed by atoms with Gasteiger partial charge in [0.05, 0.1) is 26.0 Å². The fourth-order valence-corrected chi connectivity index (χ4v) is 2.04. The molecule has 1 rings (SSSR count). The third-order valence-electron chi connectivity index (χ3n) is 3.28. The predicted octanol–water partition coefficient (Wildman–Crippen LogP) is 0.469. The lowest BCUT2D eigenvalue weighted by Crippen LogP contribution is -2.49. The van der Waals surface area contributed by atoms with Crippen molar-refractivity contribution in [3.8, 4) is 6.07 Å². The molecule has 0 saturated carbocycles. The minimum atomic E-state index is -0.148. The Morgan fingerprint density at radius 1 is 1.41 bits per heavy atom. The van der Waals surface area contributed by atoms with Crippen LogP contribution in [0, 0.1) is 11.3 Å². The van der Waals surface area contributed by atoms with E-state index < -0.39 is 0 Å². The maximum absolute atomic E-state index is 11.0. The van der Waals surface area contributed by atoms with E-state index in [4.69, 9.17) is 5.26 Å². The second-order valence-electron chi connectivity index (χ2n) is 4.42. The second-order valence-corrected chi connectivity index (χ2v) is 4.42. The van der Waals surface area contributed by atoms with Crippen molar-refractivity contribution in [2.45, 2.75) is 25.8 Å². The molecule has 17 heavy (non-hydrogen) atoms. The summed E-state index contributed by atoms with van der Waals surface area (Å²) in [4.78, 5) is 15.6. The maximum Gasteiger partial charge on any atom is 0.306 e. The van der Waals surface area contributed by atoms with Gasteiger partial charge in [0.1, 0.15) is 0 Å². The van der Waals surface area contributed by atoms with E-state index in [-0.39, 0.29) is 5.97 Å².